The van der Waals surface area contributed by atoms with Crippen LogP contribution in [-0.4, -0.2) is 82.1 Å². The summed E-state index contributed by atoms with van der Waals surface area (Å²) in [5, 5.41) is 31.9. The van der Waals surface area contributed by atoms with Crippen molar-refractivity contribution in [2.45, 2.75) is 59.9 Å². The first kappa shape index (κ1) is 36.7. The van der Waals surface area contributed by atoms with E-state index in [2.05, 4.69) is 40.6 Å². The van der Waals surface area contributed by atoms with E-state index >= 15 is 0 Å². The van der Waals surface area contributed by atoms with Crippen LogP contribution in [0.25, 0.3) is 0 Å². The number of rotatable bonds is 11. The molecule has 3 atom stereocenters. The Kier molecular flexibility index (Phi) is 12.3. The minimum absolute atomic E-state index is 0. The molecule has 3 aromatic rings. The van der Waals surface area contributed by atoms with Gasteiger partial charge in [0.05, 0.1) is 17.9 Å². The monoisotopic (exact) mass is 735 g/mol. The Balaban J connectivity index is 0.00000468. The predicted octanol–water partition coefficient (Wildman–Crippen LogP) is -1.87. The fraction of sp³-hybridized carbons (Fsp3) is 0.379. The van der Waals surface area contributed by atoms with Gasteiger partial charge in [0, 0.05) is 17.5 Å². The summed E-state index contributed by atoms with van der Waals surface area (Å²) in [7, 11) is 0. The Bertz CT molecular complexity index is 1790. The Morgan fingerprint density at radius 2 is 1.88 bits per heavy atom. The van der Waals surface area contributed by atoms with Crippen LogP contribution < -0.4 is 61.5 Å². The van der Waals surface area contributed by atoms with Gasteiger partial charge in [0.2, 0.25) is 11.9 Å². The number of urea groups is 1. The smallest absolute Gasteiger partial charge is 0.543 e. The van der Waals surface area contributed by atoms with Gasteiger partial charge in [-0.1, -0.05) is 43.2 Å². The van der Waals surface area contributed by atoms with Crippen LogP contribution in [0.1, 0.15) is 43.7 Å². The largest absolute Gasteiger partial charge is 1.00 e. The van der Waals surface area contributed by atoms with Crippen LogP contribution in [0, 0.1) is 0 Å². The zero-order valence-corrected chi connectivity index (χ0v) is 30.6. The molecule has 0 radical (unpaired) electrons. The van der Waals surface area contributed by atoms with Crippen LogP contribution in [0.2, 0.25) is 0 Å². The second-order valence-electron chi connectivity index (χ2n) is 11.2. The van der Waals surface area contributed by atoms with E-state index in [0.29, 0.717) is 15.9 Å². The van der Waals surface area contributed by atoms with Gasteiger partial charge in [0.25, 0.3) is 11.5 Å². The number of β-lactam (4-membered cyclic amide) rings is 1. The van der Waals surface area contributed by atoms with E-state index in [1.54, 1.807) is 0 Å². The first-order valence-electron chi connectivity index (χ1n) is 15.0. The molecule has 2 aliphatic heterocycles. The van der Waals surface area contributed by atoms with Crippen molar-refractivity contribution < 1.29 is 58.9 Å². The van der Waals surface area contributed by atoms with Crippen LogP contribution in [0.5, 0.6) is 5.75 Å². The number of aliphatic carboxylic acids is 1. The Morgan fingerprint density at radius 1 is 1.12 bits per heavy atom. The molecular weight excluding hydrogens is 706 g/mol. The van der Waals surface area contributed by atoms with Crippen molar-refractivity contribution in [2.75, 3.05) is 22.1 Å². The zero-order chi connectivity index (χ0) is 33.8. The molecule has 1 aliphatic carbocycles. The molecule has 1 aromatic carbocycles. The minimum Gasteiger partial charge on any atom is -0.543 e. The number of carbonyl (C=O) groups excluding carboxylic acids is 4. The van der Waals surface area contributed by atoms with Gasteiger partial charge in [-0.05, 0) is 47.6 Å². The molecule has 6 N–H and O–H groups in total. The maximum absolute atomic E-state index is 13.6. The number of hydrogen-bond donors (Lipinski definition) is 6. The molecule has 1 saturated carbocycles. The number of phenols is 1. The first-order valence-corrected chi connectivity index (χ1v) is 17.8. The first-order chi connectivity index (χ1) is 23.2. The van der Waals surface area contributed by atoms with E-state index in [1.165, 1.54) is 78.3 Å². The van der Waals surface area contributed by atoms with Crippen molar-refractivity contribution in [3.05, 3.63) is 64.0 Å². The number of phenolic OH excluding ortho intramolecular Hbond substituents is 1. The number of hydrogen-bond acceptors (Lipinski definition) is 14. The van der Waals surface area contributed by atoms with E-state index in [0.717, 1.165) is 30.6 Å². The molecule has 2 aromatic heterocycles. The topological polar surface area (TPSA) is 234 Å². The number of carboxylic acids is 1. The van der Waals surface area contributed by atoms with E-state index in [1.807, 2.05) is 0 Å². The fourth-order valence-electron chi connectivity index (χ4n) is 5.65. The zero-order valence-electron chi connectivity index (χ0n) is 26.1. The standard InChI is InChI=1S/C29H31N9O7S3.Na/c39-17-8-6-14(7-9-17)19(36-28(45)34-18-10-30-27(37-22(18)40)33-16-4-2-1-3-5-16)23(41)35-20-24(42)38-21(26(43)44)15(11-46-25(20)38)12-47-29-31-13-32-48-29;/h6-10,13,16,19-20,25,39H,1-5,11-12H2,(H,35,41)(H,43,44)(H2,34,36,45)(H2,30,33,37,40);/q;+1/p-1/t19-,20?,25-;/m1./s1. The van der Waals surface area contributed by atoms with Crippen molar-refractivity contribution in [2.24, 2.45) is 0 Å². The van der Waals surface area contributed by atoms with Gasteiger partial charge in [-0.2, -0.15) is 4.37 Å². The van der Waals surface area contributed by atoms with Crippen LogP contribution in [-0.2, 0) is 14.4 Å². The number of aromatic hydroxyl groups is 1. The van der Waals surface area contributed by atoms with Crippen molar-refractivity contribution in [3.8, 4) is 5.75 Å². The number of carboxylic acid groups (broad SMARTS) is 1. The third-order valence-corrected chi connectivity index (χ3v) is 11.2. The number of anilines is 2. The van der Waals surface area contributed by atoms with E-state index in [4.69, 9.17) is 0 Å². The number of aromatic nitrogens is 4. The summed E-state index contributed by atoms with van der Waals surface area (Å²) in [6.07, 6.45) is 7.91. The number of amides is 4. The number of aromatic amines is 1. The molecule has 252 valence electrons. The maximum atomic E-state index is 13.6. The van der Waals surface area contributed by atoms with E-state index < -0.39 is 46.8 Å². The maximum Gasteiger partial charge on any atom is 1.00 e. The Labute approximate surface area is 314 Å². The molecule has 3 aliphatic rings. The summed E-state index contributed by atoms with van der Waals surface area (Å²) in [5.41, 5.74) is -0.242. The van der Waals surface area contributed by atoms with Gasteiger partial charge in [-0.3, -0.25) is 24.3 Å². The average molecular weight is 736 g/mol. The molecular formula is C29H30N9NaO7S3. The summed E-state index contributed by atoms with van der Waals surface area (Å²) in [5.74, 6) is -2.18. The number of benzene rings is 1. The second-order valence-corrected chi connectivity index (χ2v) is 14.3. The van der Waals surface area contributed by atoms with Gasteiger partial charge < -0.3 is 36.3 Å². The quantitative estimate of drug-likeness (QED) is 0.0721. The minimum atomic E-state index is -1.51. The number of nitrogens with one attached hydrogen (secondary N) is 5. The molecule has 6 rings (SSSR count). The van der Waals surface area contributed by atoms with Gasteiger partial charge >= 0.3 is 35.6 Å². The Hall–Kier alpha value is -3.62. The molecule has 1 unspecified atom stereocenters. The van der Waals surface area contributed by atoms with Gasteiger partial charge in [-0.25, -0.2) is 14.8 Å². The molecule has 16 nitrogen and oxygen atoms in total. The number of thioether (sulfide) groups is 2. The molecule has 20 heteroatoms. The predicted molar refractivity (Wildman–Crippen MR) is 176 cm³/mol. The summed E-state index contributed by atoms with van der Waals surface area (Å²) < 4.78 is 4.57. The fourth-order valence-corrected chi connectivity index (χ4v) is 8.58. The summed E-state index contributed by atoms with van der Waals surface area (Å²) in [4.78, 5) is 76.8. The Morgan fingerprint density at radius 3 is 2.55 bits per heavy atom. The normalized spacial score (nSPS) is 19.5. The number of nitrogens with zero attached hydrogens (tertiary/aromatic N) is 4. The molecule has 1 saturated heterocycles. The molecule has 0 spiro atoms. The van der Waals surface area contributed by atoms with Gasteiger partial charge in [0.15, 0.2) is 4.34 Å². The number of H-pyrrole nitrogens is 1. The summed E-state index contributed by atoms with van der Waals surface area (Å²) in [6, 6.07) is 2.33. The molecule has 0 bridgehead atoms. The van der Waals surface area contributed by atoms with Gasteiger partial charge in [0.1, 0.15) is 35.2 Å². The van der Waals surface area contributed by atoms with Crippen molar-refractivity contribution in [1.82, 2.24) is 34.9 Å². The van der Waals surface area contributed by atoms with Crippen LogP contribution in [0.15, 0.2) is 57.2 Å². The molecule has 4 heterocycles. The average Bonchev–Trinajstić information content (AvgIpc) is 3.60. The molecule has 4 amide bonds. The second kappa shape index (κ2) is 16.4. The molecule has 49 heavy (non-hydrogen) atoms. The van der Waals surface area contributed by atoms with Crippen molar-refractivity contribution in [1.29, 1.82) is 0 Å². The SMILES string of the molecule is O=C(Nc1cnc(NC2CCCCC2)[nH]c1=O)N[C@@H](C(=O)NC1C(=O)N2C(C(=O)[O-])=C(CSc3ncns3)CS[C@H]12)c1ccc(O)cc1.[Na+]. The van der Waals surface area contributed by atoms with Gasteiger partial charge in [-0.15, -0.1) is 11.8 Å². The number of carbonyl (C=O) groups is 4. The third kappa shape index (κ3) is 8.58. The van der Waals surface area contributed by atoms with E-state index in [9.17, 15) is 34.2 Å². The van der Waals surface area contributed by atoms with E-state index in [-0.39, 0.29) is 69.8 Å². The third-order valence-electron chi connectivity index (χ3n) is 8.01. The van der Waals surface area contributed by atoms with Crippen molar-refractivity contribution >= 4 is 70.5 Å². The van der Waals surface area contributed by atoms with Crippen molar-refractivity contribution in [3.63, 3.8) is 0 Å². The van der Waals surface area contributed by atoms with Crippen LogP contribution in [0.4, 0.5) is 16.4 Å². The summed E-state index contributed by atoms with van der Waals surface area (Å²) >= 11 is 3.75. The van der Waals surface area contributed by atoms with Crippen LogP contribution >= 0.6 is 35.1 Å². The number of fused-ring (bicyclic) bond motifs is 1. The molecule has 2 fully saturated rings. The van der Waals surface area contributed by atoms with Crippen LogP contribution in [0.3, 0.4) is 0 Å². The summed E-state index contributed by atoms with van der Waals surface area (Å²) in [6.45, 7) is 0.